The lowest BCUT2D eigenvalue weighted by Gasteiger charge is -2.27. The molecular formula is C12H18O6. The minimum atomic E-state index is -0.782. The van der Waals surface area contributed by atoms with Crippen LogP contribution in [0.15, 0.2) is 12.7 Å². The first-order chi connectivity index (χ1) is 8.29. The molecule has 6 nitrogen and oxygen atoms in total. The summed E-state index contributed by atoms with van der Waals surface area (Å²) in [6.07, 6.45) is 1.03. The zero-order valence-electron chi connectivity index (χ0n) is 10.9. The Bertz CT molecular complexity index is 315. The lowest BCUT2D eigenvalue weighted by molar-refractivity contribution is -0.156. The van der Waals surface area contributed by atoms with Crippen LogP contribution >= 0.6 is 0 Å². The highest BCUT2D eigenvalue weighted by atomic mass is 16.6. The fraction of sp³-hybridized carbons (Fsp3) is 0.583. The maximum Gasteiger partial charge on any atom is 0.330 e. The largest absolute Gasteiger partial charge is 0.465 e. The Morgan fingerprint density at radius 1 is 1.00 bits per heavy atom. The number of hydrogen-bond acceptors (Lipinski definition) is 6. The maximum atomic E-state index is 11.0. The third-order valence-electron chi connectivity index (χ3n) is 1.98. The van der Waals surface area contributed by atoms with Crippen LogP contribution in [0.3, 0.4) is 0 Å². The molecule has 0 amide bonds. The molecule has 18 heavy (non-hydrogen) atoms. The fourth-order valence-electron chi connectivity index (χ4n) is 0.981. The van der Waals surface area contributed by atoms with Crippen LogP contribution in [0, 0.1) is 5.41 Å². The summed E-state index contributed by atoms with van der Waals surface area (Å²) in [6, 6.07) is 0. The van der Waals surface area contributed by atoms with Crippen molar-refractivity contribution in [3.8, 4) is 0 Å². The molecule has 0 aromatic heterocycles. The molecule has 6 heteroatoms. The summed E-state index contributed by atoms with van der Waals surface area (Å²) in [6.45, 7) is 7.40. The molecule has 0 heterocycles. The average Bonchev–Trinajstić information content (AvgIpc) is 2.31. The Labute approximate surface area is 106 Å². The topological polar surface area (TPSA) is 78.9 Å². The first-order valence-corrected chi connectivity index (χ1v) is 5.35. The third-order valence-corrected chi connectivity index (χ3v) is 1.98. The van der Waals surface area contributed by atoms with E-state index in [0.717, 1.165) is 6.08 Å². The molecule has 0 rings (SSSR count). The van der Waals surface area contributed by atoms with Crippen LogP contribution in [0.2, 0.25) is 0 Å². The summed E-state index contributed by atoms with van der Waals surface area (Å²) in [5, 5.41) is 0. The molecule has 0 bridgehead atoms. The standard InChI is InChI=1S/C12H18O6/c1-5-11(15)18-8-12(4,6-16-9(2)13)7-17-10(3)14/h5H,1,6-8H2,2-4H3. The molecule has 0 aromatic carbocycles. The molecule has 0 spiro atoms. The van der Waals surface area contributed by atoms with Crippen molar-refractivity contribution in [3.05, 3.63) is 12.7 Å². The van der Waals surface area contributed by atoms with Gasteiger partial charge in [-0.25, -0.2) is 4.79 Å². The van der Waals surface area contributed by atoms with Crippen LogP contribution in [0.4, 0.5) is 0 Å². The maximum absolute atomic E-state index is 11.0. The highest BCUT2D eigenvalue weighted by molar-refractivity contribution is 5.81. The Morgan fingerprint density at radius 3 is 1.72 bits per heavy atom. The molecule has 0 aliphatic heterocycles. The van der Waals surface area contributed by atoms with Gasteiger partial charge in [0.15, 0.2) is 0 Å². The van der Waals surface area contributed by atoms with E-state index in [2.05, 4.69) is 6.58 Å². The van der Waals surface area contributed by atoms with Crippen LogP contribution in [-0.4, -0.2) is 37.7 Å². The predicted molar refractivity (Wildman–Crippen MR) is 62.5 cm³/mol. The van der Waals surface area contributed by atoms with Gasteiger partial charge in [-0.3, -0.25) is 9.59 Å². The number of rotatable bonds is 7. The SMILES string of the molecule is C=CC(=O)OCC(C)(COC(C)=O)COC(C)=O. The van der Waals surface area contributed by atoms with E-state index in [1.54, 1.807) is 6.92 Å². The van der Waals surface area contributed by atoms with E-state index in [9.17, 15) is 14.4 Å². The summed E-state index contributed by atoms with van der Waals surface area (Å²) >= 11 is 0. The van der Waals surface area contributed by atoms with E-state index in [4.69, 9.17) is 14.2 Å². The fourth-order valence-corrected chi connectivity index (χ4v) is 0.981. The Kier molecular flexibility index (Phi) is 6.70. The van der Waals surface area contributed by atoms with Gasteiger partial charge in [0.05, 0.1) is 5.41 Å². The minimum Gasteiger partial charge on any atom is -0.465 e. The molecule has 0 saturated carbocycles. The van der Waals surface area contributed by atoms with Gasteiger partial charge in [-0.1, -0.05) is 6.58 Å². The van der Waals surface area contributed by atoms with Gasteiger partial charge in [-0.15, -0.1) is 0 Å². The van der Waals surface area contributed by atoms with Crippen molar-refractivity contribution in [2.24, 2.45) is 5.41 Å². The smallest absolute Gasteiger partial charge is 0.330 e. The van der Waals surface area contributed by atoms with Gasteiger partial charge in [0.2, 0.25) is 0 Å². The second kappa shape index (κ2) is 7.47. The van der Waals surface area contributed by atoms with Crippen LogP contribution in [0.1, 0.15) is 20.8 Å². The number of ether oxygens (including phenoxy) is 3. The normalized spacial score (nSPS) is 10.4. The molecule has 0 radical (unpaired) electrons. The highest BCUT2D eigenvalue weighted by Crippen LogP contribution is 2.18. The van der Waals surface area contributed by atoms with Crippen LogP contribution in [-0.2, 0) is 28.6 Å². The minimum absolute atomic E-state index is 0.0139. The summed E-state index contributed by atoms with van der Waals surface area (Å²) in [5.74, 6) is -1.51. The number of carbonyl (C=O) groups excluding carboxylic acids is 3. The molecule has 0 atom stereocenters. The zero-order chi connectivity index (χ0) is 14.2. The van der Waals surface area contributed by atoms with Gasteiger partial charge < -0.3 is 14.2 Å². The lowest BCUT2D eigenvalue weighted by Crippen LogP contribution is -2.36. The van der Waals surface area contributed by atoms with Gasteiger partial charge in [-0.2, -0.15) is 0 Å². The van der Waals surface area contributed by atoms with Crippen molar-refractivity contribution < 1.29 is 28.6 Å². The first-order valence-electron chi connectivity index (χ1n) is 5.35. The van der Waals surface area contributed by atoms with Crippen molar-refractivity contribution >= 4 is 17.9 Å². The lowest BCUT2D eigenvalue weighted by atomic mass is 9.94. The summed E-state index contributed by atoms with van der Waals surface area (Å²) in [7, 11) is 0. The molecule has 0 saturated heterocycles. The summed E-state index contributed by atoms with van der Waals surface area (Å²) in [4.78, 5) is 32.5. The zero-order valence-corrected chi connectivity index (χ0v) is 10.9. The van der Waals surface area contributed by atoms with E-state index in [1.807, 2.05) is 0 Å². The Morgan fingerprint density at radius 2 is 1.39 bits per heavy atom. The van der Waals surface area contributed by atoms with E-state index in [1.165, 1.54) is 13.8 Å². The van der Waals surface area contributed by atoms with Crippen molar-refractivity contribution in [2.75, 3.05) is 19.8 Å². The summed E-state index contributed by atoms with van der Waals surface area (Å²) in [5.41, 5.74) is -0.782. The van der Waals surface area contributed by atoms with E-state index >= 15 is 0 Å². The number of carbonyl (C=O) groups is 3. The van der Waals surface area contributed by atoms with Crippen molar-refractivity contribution in [1.82, 2.24) is 0 Å². The number of hydrogen-bond donors (Lipinski definition) is 0. The second-order valence-corrected chi connectivity index (χ2v) is 4.18. The van der Waals surface area contributed by atoms with Crippen molar-refractivity contribution in [2.45, 2.75) is 20.8 Å². The van der Waals surface area contributed by atoms with Gasteiger partial charge in [-0.05, 0) is 6.92 Å². The van der Waals surface area contributed by atoms with Gasteiger partial charge in [0, 0.05) is 19.9 Å². The van der Waals surface area contributed by atoms with E-state index in [-0.39, 0.29) is 19.8 Å². The predicted octanol–water partition coefficient (Wildman–Crippen LogP) is 0.848. The monoisotopic (exact) mass is 258 g/mol. The van der Waals surface area contributed by atoms with Crippen LogP contribution in [0.25, 0.3) is 0 Å². The van der Waals surface area contributed by atoms with Crippen molar-refractivity contribution in [3.63, 3.8) is 0 Å². The van der Waals surface area contributed by atoms with Gasteiger partial charge in [0.1, 0.15) is 19.8 Å². The van der Waals surface area contributed by atoms with E-state index < -0.39 is 23.3 Å². The second-order valence-electron chi connectivity index (χ2n) is 4.18. The third kappa shape index (κ3) is 7.43. The first kappa shape index (κ1) is 16.1. The highest BCUT2D eigenvalue weighted by Gasteiger charge is 2.29. The van der Waals surface area contributed by atoms with Crippen molar-refractivity contribution in [1.29, 1.82) is 0 Å². The summed E-state index contributed by atoms with van der Waals surface area (Å²) < 4.78 is 14.6. The molecular weight excluding hydrogens is 240 g/mol. The Hall–Kier alpha value is -1.85. The molecule has 102 valence electrons. The van der Waals surface area contributed by atoms with Crippen LogP contribution < -0.4 is 0 Å². The molecule has 0 fully saturated rings. The quantitative estimate of drug-likeness (QED) is 0.382. The average molecular weight is 258 g/mol. The Balaban J connectivity index is 4.46. The molecule has 0 aliphatic carbocycles. The van der Waals surface area contributed by atoms with Gasteiger partial charge in [0.25, 0.3) is 0 Å². The van der Waals surface area contributed by atoms with Crippen LogP contribution in [0.5, 0.6) is 0 Å². The van der Waals surface area contributed by atoms with E-state index in [0.29, 0.717) is 0 Å². The molecule has 0 aromatic rings. The molecule has 0 N–H and O–H groups in total. The molecule has 0 unspecified atom stereocenters. The molecule has 0 aliphatic rings. The van der Waals surface area contributed by atoms with Gasteiger partial charge >= 0.3 is 17.9 Å². The number of esters is 3.